The molecule has 0 fully saturated rings. The van der Waals surface area contributed by atoms with E-state index in [1.54, 1.807) is 0 Å². The molecule has 0 aliphatic heterocycles. The van der Waals surface area contributed by atoms with Crippen LogP contribution in [0.2, 0.25) is 0 Å². The van der Waals surface area contributed by atoms with Crippen molar-refractivity contribution >= 4 is 68.4 Å². The Balaban J connectivity index is 0.657. The summed E-state index contributed by atoms with van der Waals surface area (Å²) in [5.41, 5.74) is 23.3. The van der Waals surface area contributed by atoms with Gasteiger partial charge in [-0.1, -0.05) is 218 Å². The number of para-hydroxylation sites is 4. The van der Waals surface area contributed by atoms with Gasteiger partial charge in [0.1, 0.15) is 0 Å². The van der Waals surface area contributed by atoms with Gasteiger partial charge in [0, 0.05) is 34.1 Å². The maximum absolute atomic E-state index is 2.41. The minimum Gasteiger partial charge on any atom is -0.311 e. The summed E-state index contributed by atoms with van der Waals surface area (Å²) in [5.74, 6) is 0. The van der Waals surface area contributed by atoms with Crippen molar-refractivity contribution in [3.63, 3.8) is 0 Å². The van der Waals surface area contributed by atoms with Crippen molar-refractivity contribution in [2.75, 3.05) is 12.9 Å². The molecular weight excluding hydrogens is 1030 g/mol. The van der Waals surface area contributed by atoms with E-state index in [9.17, 15) is 0 Å². The summed E-state index contributed by atoms with van der Waals surface area (Å²) in [7, 11) is 0. The number of hydrogen-bond donors (Lipinski definition) is 0. The highest BCUT2D eigenvalue weighted by molar-refractivity contribution is 14.1. The molecule has 0 unspecified atom stereocenters. The Morgan fingerprint density at radius 1 is 0.145 bits per heavy atom. The first kappa shape index (κ1) is 47.8. The second-order valence-electron chi connectivity index (χ2n) is 18.8. The van der Waals surface area contributed by atoms with Gasteiger partial charge in [0.05, 0.1) is 34.2 Å². The van der Waals surface area contributed by atoms with Gasteiger partial charge in [-0.3, -0.25) is 3.11 Å². The van der Waals surface area contributed by atoms with Gasteiger partial charge < -0.3 is 9.80 Å². The van der Waals surface area contributed by atoms with E-state index >= 15 is 0 Å². The third-order valence-corrected chi connectivity index (χ3v) is 15.2. The van der Waals surface area contributed by atoms with Crippen LogP contribution < -0.4 is 12.9 Å². The molecule has 4 heteroatoms. The lowest BCUT2D eigenvalue weighted by Crippen LogP contribution is -2.09. The van der Waals surface area contributed by atoms with Crippen molar-refractivity contribution in [2.45, 2.75) is 0 Å². The van der Waals surface area contributed by atoms with Crippen LogP contribution in [0.4, 0.5) is 45.5 Å². The first-order valence-corrected chi connectivity index (χ1v) is 26.6. The van der Waals surface area contributed by atoms with Crippen LogP contribution in [-0.2, 0) is 0 Å². The SMILES string of the molecule is IN(c1ccc(-c2ccc(-c3ccc(-c4ccc(N(c5ccccc5)c5ccccc5)cc4)cc3)cc2)cc1)c1ccc(-c2ccc(-c3ccc(-c4ccc(N(c5ccccc5)c5ccccc5)cc4)cc3)cc2)cc1. The summed E-state index contributed by atoms with van der Waals surface area (Å²) in [5, 5.41) is 0. The number of benzene rings is 12. The minimum atomic E-state index is 1.12. The third-order valence-electron chi connectivity index (χ3n) is 14.0. The van der Waals surface area contributed by atoms with Crippen LogP contribution in [0.5, 0.6) is 0 Å². The van der Waals surface area contributed by atoms with Gasteiger partial charge in [-0.25, -0.2) is 0 Å². The zero-order valence-electron chi connectivity index (χ0n) is 41.7. The van der Waals surface area contributed by atoms with E-state index in [1.807, 2.05) is 0 Å². The molecule has 0 amide bonds. The van der Waals surface area contributed by atoms with Gasteiger partial charge in [-0.05, 0) is 164 Å². The number of anilines is 8. The molecule has 12 aromatic carbocycles. The largest absolute Gasteiger partial charge is 0.311 e. The Kier molecular flexibility index (Phi) is 13.9. The molecule has 12 rings (SSSR count). The van der Waals surface area contributed by atoms with Gasteiger partial charge in [-0.2, -0.15) is 0 Å². The lowest BCUT2D eigenvalue weighted by atomic mass is 9.97. The molecule has 0 N–H and O–H groups in total. The fraction of sp³-hybridized carbons (Fsp3) is 0. The van der Waals surface area contributed by atoms with Crippen LogP contribution in [0.3, 0.4) is 0 Å². The lowest BCUT2D eigenvalue weighted by Gasteiger charge is -2.25. The molecule has 76 heavy (non-hydrogen) atoms. The number of nitrogens with zero attached hydrogens (tertiary/aromatic N) is 3. The quantitative estimate of drug-likeness (QED) is 0.0794. The summed E-state index contributed by atoms with van der Waals surface area (Å²) in [6.45, 7) is 0. The highest BCUT2D eigenvalue weighted by Gasteiger charge is 2.15. The van der Waals surface area contributed by atoms with E-state index in [4.69, 9.17) is 0 Å². The summed E-state index contributed by atoms with van der Waals surface area (Å²) < 4.78 is 2.21. The molecule has 0 saturated heterocycles. The third kappa shape index (κ3) is 10.4. The van der Waals surface area contributed by atoms with E-state index in [1.165, 1.54) is 66.8 Å². The molecule has 362 valence electrons. The lowest BCUT2D eigenvalue weighted by molar-refractivity contribution is 1.28. The molecule has 0 aliphatic rings. The van der Waals surface area contributed by atoms with Crippen molar-refractivity contribution in [1.29, 1.82) is 0 Å². The average molecular weight is 1090 g/mol. The van der Waals surface area contributed by atoms with Gasteiger partial charge in [0.25, 0.3) is 0 Å². The zero-order valence-corrected chi connectivity index (χ0v) is 43.9. The second-order valence-corrected chi connectivity index (χ2v) is 19.8. The molecule has 12 aromatic rings. The molecule has 3 nitrogen and oxygen atoms in total. The van der Waals surface area contributed by atoms with Crippen LogP contribution in [0.1, 0.15) is 0 Å². The monoisotopic (exact) mass is 1090 g/mol. The minimum absolute atomic E-state index is 1.12. The van der Waals surface area contributed by atoms with Crippen LogP contribution >= 0.6 is 22.9 Å². The fourth-order valence-corrected chi connectivity index (χ4v) is 10.6. The van der Waals surface area contributed by atoms with Crippen molar-refractivity contribution in [3.8, 4) is 66.8 Å². The Hall–Kier alpha value is -9.23. The van der Waals surface area contributed by atoms with Gasteiger partial charge in [0.15, 0.2) is 0 Å². The van der Waals surface area contributed by atoms with Crippen LogP contribution in [0, 0.1) is 0 Å². The van der Waals surface area contributed by atoms with Crippen molar-refractivity contribution in [3.05, 3.63) is 315 Å². The van der Waals surface area contributed by atoms with E-state index in [0.717, 1.165) is 45.5 Å². The van der Waals surface area contributed by atoms with E-state index in [2.05, 4.69) is 351 Å². The topological polar surface area (TPSA) is 9.72 Å². The Bertz CT molecular complexity index is 3440. The molecule has 0 heterocycles. The zero-order chi connectivity index (χ0) is 51.0. The van der Waals surface area contributed by atoms with Gasteiger partial charge in [-0.15, -0.1) is 0 Å². The highest BCUT2D eigenvalue weighted by atomic mass is 127. The van der Waals surface area contributed by atoms with Crippen molar-refractivity contribution in [2.24, 2.45) is 0 Å². The van der Waals surface area contributed by atoms with E-state index in [0.29, 0.717) is 0 Å². The van der Waals surface area contributed by atoms with E-state index in [-0.39, 0.29) is 0 Å². The first-order valence-electron chi connectivity index (χ1n) is 25.7. The fourth-order valence-electron chi connectivity index (χ4n) is 9.95. The molecule has 0 atom stereocenters. The van der Waals surface area contributed by atoms with Crippen LogP contribution in [-0.4, -0.2) is 0 Å². The summed E-state index contributed by atoms with van der Waals surface area (Å²) >= 11 is 2.41. The van der Waals surface area contributed by atoms with E-state index < -0.39 is 0 Å². The predicted molar refractivity (Wildman–Crippen MR) is 331 cm³/mol. The number of hydrogen-bond acceptors (Lipinski definition) is 3. The Morgan fingerprint density at radius 3 is 0.447 bits per heavy atom. The summed E-state index contributed by atoms with van der Waals surface area (Å²) in [6, 6.07) is 113. The number of halogens is 1. The molecule has 0 saturated carbocycles. The average Bonchev–Trinajstić information content (AvgIpc) is 3.52. The second kappa shape index (κ2) is 22.1. The normalized spacial score (nSPS) is 11.0. The molecule has 0 aromatic heterocycles. The molecule has 0 radical (unpaired) electrons. The highest BCUT2D eigenvalue weighted by Crippen LogP contribution is 2.39. The van der Waals surface area contributed by atoms with Crippen molar-refractivity contribution in [1.82, 2.24) is 0 Å². The predicted octanol–water partition coefficient (Wildman–Crippen LogP) is 21.1. The van der Waals surface area contributed by atoms with Crippen LogP contribution in [0.25, 0.3) is 66.8 Å². The molecular formula is C72H52IN3. The molecule has 0 spiro atoms. The van der Waals surface area contributed by atoms with Gasteiger partial charge in [0.2, 0.25) is 0 Å². The van der Waals surface area contributed by atoms with Crippen LogP contribution in [0.15, 0.2) is 315 Å². The number of rotatable bonds is 14. The Labute approximate surface area is 460 Å². The summed E-state index contributed by atoms with van der Waals surface area (Å²) in [4.78, 5) is 4.58. The standard InChI is InChI=1S/C72H52IN3/c73-76(71-49-41-63(42-50-71)59-33-25-55(26-34-59)53-21-29-57(30-22-53)61-37-45-69(46-38-61)74(65-13-5-1-6-14-65)66-15-7-2-8-16-66)72-51-43-64(44-52-72)60-35-27-56(28-36-60)54-23-31-58(32-24-54)62-39-47-70(48-40-62)75(67-17-9-3-10-18-67)68-19-11-4-12-20-68/h1-52H. The maximum Gasteiger partial charge on any atom is 0.0646 e. The smallest absolute Gasteiger partial charge is 0.0646 e. The maximum atomic E-state index is 2.41. The summed E-state index contributed by atoms with van der Waals surface area (Å²) in [6.07, 6.45) is 0. The van der Waals surface area contributed by atoms with Crippen molar-refractivity contribution < 1.29 is 0 Å². The van der Waals surface area contributed by atoms with Gasteiger partial charge >= 0.3 is 0 Å². The first-order chi connectivity index (χ1) is 37.6. The molecule has 0 bridgehead atoms. The Morgan fingerprint density at radius 2 is 0.276 bits per heavy atom. The molecule has 0 aliphatic carbocycles.